The maximum absolute atomic E-state index is 10.8. The fourth-order valence-electron chi connectivity index (χ4n) is 5.28. The van der Waals surface area contributed by atoms with Crippen molar-refractivity contribution in [3.8, 4) is 11.4 Å². The van der Waals surface area contributed by atoms with E-state index in [1.54, 1.807) is 17.1 Å². The van der Waals surface area contributed by atoms with Crippen LogP contribution in [0.5, 0.6) is 5.75 Å². The van der Waals surface area contributed by atoms with E-state index < -0.39 is 0 Å². The average Bonchev–Trinajstić information content (AvgIpc) is 3.06. The number of benzene rings is 1. The minimum atomic E-state index is 0.0555. The van der Waals surface area contributed by atoms with E-state index in [1.165, 1.54) is 5.57 Å². The van der Waals surface area contributed by atoms with Gasteiger partial charge in [-0.2, -0.15) is 5.10 Å². The zero-order valence-electron chi connectivity index (χ0n) is 21.4. The van der Waals surface area contributed by atoms with Crippen LogP contribution < -0.4 is 5.32 Å². The molecule has 1 aromatic heterocycles. The Bertz CT molecular complexity index is 1140. The molecule has 0 atom stereocenters. The first kappa shape index (κ1) is 24.1. The molecule has 0 unspecified atom stereocenters. The van der Waals surface area contributed by atoms with Gasteiger partial charge in [-0.3, -0.25) is 0 Å². The fraction of sp³-hybridized carbons (Fsp3) is 0.538. The standard InChI is InChI=1S/C26H37N7O/c1-8-18-11-22(21-10-9-19(13-23(21)34)33-16-27-17(2)30-33)28-29-24(12-18)32(7)20-14-25(3,4)31-26(5,6)15-20/h9-11,13,16,20,31,34H,8,12,14-15H2,1-7H3. The monoisotopic (exact) mass is 463 g/mol. The number of nitrogens with one attached hydrogen (secondary N) is 1. The topological polar surface area (TPSA) is 90.9 Å². The highest BCUT2D eigenvalue weighted by Gasteiger charge is 2.40. The minimum absolute atomic E-state index is 0.0555. The van der Waals surface area contributed by atoms with Crippen molar-refractivity contribution in [3.63, 3.8) is 0 Å². The van der Waals surface area contributed by atoms with Crippen LogP contribution in [-0.2, 0) is 0 Å². The predicted octanol–water partition coefficient (Wildman–Crippen LogP) is 4.37. The molecular formula is C26H37N7O. The van der Waals surface area contributed by atoms with Crippen molar-refractivity contribution >= 4 is 11.5 Å². The minimum Gasteiger partial charge on any atom is -0.507 e. The SMILES string of the molecule is CCC1=CC(c2ccc(-n3cnc(C)n3)cc2O)=NN=C(N(C)C2CC(C)(C)NC(C)(C)C2)C1. The zero-order chi connectivity index (χ0) is 24.7. The Morgan fingerprint density at radius 2 is 1.85 bits per heavy atom. The van der Waals surface area contributed by atoms with Crippen molar-refractivity contribution < 1.29 is 5.11 Å². The van der Waals surface area contributed by atoms with Crippen LogP contribution in [0.3, 0.4) is 0 Å². The second-order valence-electron chi connectivity index (χ2n) is 10.8. The van der Waals surface area contributed by atoms with Crippen LogP contribution in [0, 0.1) is 6.92 Å². The largest absolute Gasteiger partial charge is 0.507 e. The van der Waals surface area contributed by atoms with Crippen LogP contribution in [0.2, 0.25) is 0 Å². The van der Waals surface area contributed by atoms with Gasteiger partial charge in [0.1, 0.15) is 23.7 Å². The van der Waals surface area contributed by atoms with E-state index >= 15 is 0 Å². The van der Waals surface area contributed by atoms with Crippen molar-refractivity contribution in [1.29, 1.82) is 0 Å². The molecule has 2 aliphatic rings. The highest BCUT2D eigenvalue weighted by atomic mass is 16.3. The van der Waals surface area contributed by atoms with E-state index in [0.717, 1.165) is 37.2 Å². The molecule has 2 N–H and O–H groups in total. The number of phenols is 1. The van der Waals surface area contributed by atoms with Gasteiger partial charge in [0.25, 0.3) is 0 Å². The van der Waals surface area contributed by atoms with Crippen LogP contribution in [0.15, 0.2) is 46.4 Å². The lowest BCUT2D eigenvalue weighted by molar-refractivity contribution is 0.113. The summed E-state index contributed by atoms with van der Waals surface area (Å²) in [7, 11) is 2.14. The fourth-order valence-corrected chi connectivity index (χ4v) is 5.28. The van der Waals surface area contributed by atoms with Crippen molar-refractivity contribution in [3.05, 3.63) is 47.6 Å². The lowest BCUT2D eigenvalue weighted by Gasteiger charge is -2.49. The molecule has 0 radical (unpaired) electrons. The second-order valence-corrected chi connectivity index (χ2v) is 10.8. The molecule has 3 heterocycles. The van der Waals surface area contributed by atoms with Gasteiger partial charge in [0.15, 0.2) is 0 Å². The Hall–Kier alpha value is -3.00. The molecule has 1 saturated heterocycles. The molecule has 182 valence electrons. The Kier molecular flexibility index (Phi) is 6.38. The van der Waals surface area contributed by atoms with Crippen LogP contribution in [-0.4, -0.2) is 60.5 Å². The van der Waals surface area contributed by atoms with Gasteiger partial charge in [0.05, 0.1) is 11.4 Å². The lowest BCUT2D eigenvalue weighted by Crippen LogP contribution is -2.62. The summed E-state index contributed by atoms with van der Waals surface area (Å²) in [5.41, 5.74) is 3.42. The summed E-state index contributed by atoms with van der Waals surface area (Å²) in [5, 5.41) is 28.2. The number of phenolic OH excluding ortho intramolecular Hbond substituents is 1. The van der Waals surface area contributed by atoms with Crippen molar-refractivity contribution in [1.82, 2.24) is 25.0 Å². The summed E-state index contributed by atoms with van der Waals surface area (Å²) in [5.74, 6) is 1.79. The molecule has 0 bridgehead atoms. The maximum Gasteiger partial charge on any atom is 0.147 e. The number of aryl methyl sites for hydroxylation is 1. The quantitative estimate of drug-likeness (QED) is 0.703. The van der Waals surface area contributed by atoms with E-state index in [9.17, 15) is 5.11 Å². The molecule has 2 aromatic rings. The van der Waals surface area contributed by atoms with Gasteiger partial charge in [-0.25, -0.2) is 9.67 Å². The Balaban J connectivity index is 1.64. The maximum atomic E-state index is 10.8. The van der Waals surface area contributed by atoms with Crippen LogP contribution in [0.25, 0.3) is 5.69 Å². The molecule has 1 aromatic carbocycles. The molecule has 8 nitrogen and oxygen atoms in total. The molecule has 4 rings (SSSR count). The molecule has 0 spiro atoms. The van der Waals surface area contributed by atoms with E-state index in [4.69, 9.17) is 5.10 Å². The Morgan fingerprint density at radius 3 is 2.44 bits per heavy atom. The van der Waals surface area contributed by atoms with Gasteiger partial charge < -0.3 is 15.3 Å². The number of rotatable bonds is 4. The number of hydrogen-bond donors (Lipinski definition) is 2. The first-order valence-electron chi connectivity index (χ1n) is 12.0. The highest BCUT2D eigenvalue weighted by molar-refractivity contribution is 6.12. The first-order chi connectivity index (χ1) is 16.0. The molecule has 0 aliphatic carbocycles. The molecule has 0 saturated carbocycles. The smallest absolute Gasteiger partial charge is 0.147 e. The molecule has 1 fully saturated rings. The molecule has 2 aliphatic heterocycles. The Labute approximate surface area is 202 Å². The average molecular weight is 464 g/mol. The summed E-state index contributed by atoms with van der Waals surface area (Å²) >= 11 is 0. The number of aromatic nitrogens is 3. The second kappa shape index (κ2) is 8.98. The van der Waals surface area contributed by atoms with Gasteiger partial charge in [-0.15, -0.1) is 10.2 Å². The van der Waals surface area contributed by atoms with Crippen molar-refractivity contribution in [2.45, 2.75) is 84.3 Å². The summed E-state index contributed by atoms with van der Waals surface area (Å²) in [6.45, 7) is 13.1. The number of hydrogen-bond acceptors (Lipinski definition) is 7. The first-order valence-corrected chi connectivity index (χ1v) is 12.0. The zero-order valence-corrected chi connectivity index (χ0v) is 21.4. The molecule has 0 amide bonds. The van der Waals surface area contributed by atoms with E-state index in [1.807, 2.05) is 19.1 Å². The van der Waals surface area contributed by atoms with Crippen molar-refractivity contribution in [2.75, 3.05) is 7.05 Å². The normalized spacial score (nSPS) is 20.3. The lowest BCUT2D eigenvalue weighted by atomic mass is 9.79. The van der Waals surface area contributed by atoms with E-state index in [0.29, 0.717) is 23.1 Å². The summed E-state index contributed by atoms with van der Waals surface area (Å²) in [6, 6.07) is 5.84. The highest BCUT2D eigenvalue weighted by Crippen LogP contribution is 2.32. The molecule has 34 heavy (non-hydrogen) atoms. The van der Waals surface area contributed by atoms with Crippen LogP contribution in [0.1, 0.15) is 71.7 Å². The van der Waals surface area contributed by atoms with Gasteiger partial charge >= 0.3 is 0 Å². The third-order valence-electron chi connectivity index (χ3n) is 6.71. The molecular weight excluding hydrogens is 426 g/mol. The number of amidine groups is 1. The number of aromatic hydroxyl groups is 1. The third kappa shape index (κ3) is 5.22. The number of piperidine rings is 1. The summed E-state index contributed by atoms with van der Waals surface area (Å²) < 4.78 is 1.65. The Morgan fingerprint density at radius 1 is 1.15 bits per heavy atom. The van der Waals surface area contributed by atoms with Gasteiger partial charge in [-0.05, 0) is 72.1 Å². The van der Waals surface area contributed by atoms with Gasteiger partial charge in [0.2, 0.25) is 0 Å². The van der Waals surface area contributed by atoms with Gasteiger partial charge in [0, 0.05) is 42.2 Å². The summed E-state index contributed by atoms with van der Waals surface area (Å²) in [4.78, 5) is 6.48. The third-order valence-corrected chi connectivity index (χ3v) is 6.71. The predicted molar refractivity (Wildman–Crippen MR) is 137 cm³/mol. The number of nitrogens with zero attached hydrogens (tertiary/aromatic N) is 6. The summed E-state index contributed by atoms with van der Waals surface area (Å²) in [6.07, 6.45) is 7.43. The van der Waals surface area contributed by atoms with E-state index in [-0.39, 0.29) is 16.8 Å². The number of allylic oxidation sites excluding steroid dienone is 1. The van der Waals surface area contributed by atoms with Crippen LogP contribution in [0.4, 0.5) is 0 Å². The van der Waals surface area contributed by atoms with Gasteiger partial charge in [-0.1, -0.05) is 12.5 Å². The van der Waals surface area contributed by atoms with Crippen LogP contribution >= 0.6 is 0 Å². The molecule has 8 heteroatoms. The van der Waals surface area contributed by atoms with E-state index in [2.05, 4.69) is 73.1 Å². The van der Waals surface area contributed by atoms with Crippen molar-refractivity contribution in [2.24, 2.45) is 10.2 Å².